The van der Waals surface area contributed by atoms with Gasteiger partial charge in [0.1, 0.15) is 0 Å². The molecule has 0 N–H and O–H groups in total. The van der Waals surface area contributed by atoms with E-state index in [0.717, 1.165) is 32.4 Å². The summed E-state index contributed by atoms with van der Waals surface area (Å²) in [6.45, 7) is 3.58. The summed E-state index contributed by atoms with van der Waals surface area (Å²) in [4.78, 5) is 17.3. The summed E-state index contributed by atoms with van der Waals surface area (Å²) in [6.07, 6.45) is 2.77. The minimum Gasteiger partial charge on any atom is -0.378 e. The second kappa shape index (κ2) is 6.17. The SMILES string of the molecule is CCC1(OC)CCN(OC(=O)c2ccccc2)CC1. The highest BCUT2D eigenvalue weighted by atomic mass is 16.7. The first-order valence-electron chi connectivity index (χ1n) is 6.76. The van der Waals surface area contributed by atoms with Gasteiger partial charge in [-0.3, -0.25) is 0 Å². The van der Waals surface area contributed by atoms with Crippen LogP contribution in [-0.2, 0) is 9.57 Å². The Morgan fingerprint density at radius 1 is 1.26 bits per heavy atom. The number of nitrogens with zero attached hydrogens (tertiary/aromatic N) is 1. The van der Waals surface area contributed by atoms with Crippen LogP contribution in [0.4, 0.5) is 0 Å². The lowest BCUT2D eigenvalue weighted by Crippen LogP contribution is -2.45. The summed E-state index contributed by atoms with van der Waals surface area (Å²) in [6, 6.07) is 9.07. The summed E-state index contributed by atoms with van der Waals surface area (Å²) >= 11 is 0. The van der Waals surface area contributed by atoms with Gasteiger partial charge < -0.3 is 9.57 Å². The highest BCUT2D eigenvalue weighted by molar-refractivity contribution is 5.89. The minimum absolute atomic E-state index is 0.0460. The molecule has 1 aromatic rings. The summed E-state index contributed by atoms with van der Waals surface area (Å²) in [5.74, 6) is -0.290. The third-order valence-corrected chi connectivity index (χ3v) is 3.93. The van der Waals surface area contributed by atoms with Crippen LogP contribution >= 0.6 is 0 Å². The number of carbonyl (C=O) groups is 1. The minimum atomic E-state index is -0.290. The number of benzene rings is 1. The highest BCUT2D eigenvalue weighted by Gasteiger charge is 2.34. The molecule has 19 heavy (non-hydrogen) atoms. The monoisotopic (exact) mass is 263 g/mol. The first-order valence-corrected chi connectivity index (χ1v) is 6.76. The van der Waals surface area contributed by atoms with Crippen molar-refractivity contribution in [3.63, 3.8) is 0 Å². The largest absolute Gasteiger partial charge is 0.378 e. The molecule has 0 aliphatic carbocycles. The quantitative estimate of drug-likeness (QED) is 0.837. The van der Waals surface area contributed by atoms with Crippen molar-refractivity contribution in [2.45, 2.75) is 31.8 Å². The van der Waals surface area contributed by atoms with Gasteiger partial charge in [-0.05, 0) is 31.4 Å². The first-order chi connectivity index (χ1) is 9.19. The van der Waals surface area contributed by atoms with Crippen LogP contribution in [0.2, 0.25) is 0 Å². The molecule has 1 aliphatic heterocycles. The molecular formula is C15H21NO3. The maximum absolute atomic E-state index is 11.9. The van der Waals surface area contributed by atoms with Crippen LogP contribution in [-0.4, -0.2) is 36.8 Å². The molecule has 2 rings (SSSR count). The van der Waals surface area contributed by atoms with E-state index in [0.29, 0.717) is 5.56 Å². The van der Waals surface area contributed by atoms with E-state index < -0.39 is 0 Å². The van der Waals surface area contributed by atoms with Crippen molar-refractivity contribution in [2.24, 2.45) is 0 Å². The highest BCUT2D eigenvalue weighted by Crippen LogP contribution is 2.29. The number of hydrogen-bond acceptors (Lipinski definition) is 4. The molecule has 1 aliphatic rings. The van der Waals surface area contributed by atoms with Crippen molar-refractivity contribution >= 4 is 5.97 Å². The molecule has 0 unspecified atom stereocenters. The number of hydroxylamine groups is 2. The Hall–Kier alpha value is -1.39. The summed E-state index contributed by atoms with van der Waals surface area (Å²) in [7, 11) is 1.76. The van der Waals surface area contributed by atoms with Crippen LogP contribution in [0.3, 0.4) is 0 Å². The van der Waals surface area contributed by atoms with Crippen molar-refractivity contribution < 1.29 is 14.4 Å². The Labute approximate surface area is 114 Å². The molecule has 104 valence electrons. The molecule has 1 heterocycles. The zero-order valence-corrected chi connectivity index (χ0v) is 11.6. The predicted molar refractivity (Wildman–Crippen MR) is 72.7 cm³/mol. The summed E-state index contributed by atoms with van der Waals surface area (Å²) in [5, 5.41) is 1.74. The molecule has 0 saturated carbocycles. The van der Waals surface area contributed by atoms with E-state index in [1.165, 1.54) is 0 Å². The zero-order valence-electron chi connectivity index (χ0n) is 11.6. The average Bonchev–Trinajstić information content (AvgIpc) is 2.49. The molecule has 0 atom stereocenters. The average molecular weight is 263 g/mol. The van der Waals surface area contributed by atoms with Crippen LogP contribution in [0.15, 0.2) is 30.3 Å². The van der Waals surface area contributed by atoms with E-state index in [1.54, 1.807) is 24.3 Å². The molecule has 4 heteroatoms. The Morgan fingerprint density at radius 3 is 2.42 bits per heavy atom. The maximum atomic E-state index is 11.9. The molecule has 1 aromatic carbocycles. The lowest BCUT2D eigenvalue weighted by Gasteiger charge is -2.39. The number of methoxy groups -OCH3 is 1. The third-order valence-electron chi connectivity index (χ3n) is 3.93. The van der Waals surface area contributed by atoms with E-state index in [1.807, 2.05) is 18.2 Å². The Morgan fingerprint density at radius 2 is 1.89 bits per heavy atom. The van der Waals surface area contributed by atoms with E-state index in [-0.39, 0.29) is 11.6 Å². The van der Waals surface area contributed by atoms with E-state index in [4.69, 9.17) is 9.57 Å². The fourth-order valence-electron chi connectivity index (χ4n) is 2.43. The lowest BCUT2D eigenvalue weighted by molar-refractivity contribution is -0.161. The van der Waals surface area contributed by atoms with Crippen molar-refractivity contribution in [3.05, 3.63) is 35.9 Å². The molecule has 1 fully saturated rings. The van der Waals surface area contributed by atoms with Gasteiger partial charge in [0.05, 0.1) is 11.2 Å². The predicted octanol–water partition coefficient (Wildman–Crippen LogP) is 2.65. The van der Waals surface area contributed by atoms with E-state index in [9.17, 15) is 4.79 Å². The number of carbonyl (C=O) groups excluding carboxylic acids is 1. The zero-order chi connectivity index (χ0) is 13.7. The van der Waals surface area contributed by atoms with Gasteiger partial charge in [0.15, 0.2) is 0 Å². The molecule has 0 radical (unpaired) electrons. The molecule has 1 saturated heterocycles. The van der Waals surface area contributed by atoms with Crippen LogP contribution in [0.1, 0.15) is 36.5 Å². The van der Waals surface area contributed by atoms with E-state index in [2.05, 4.69) is 6.92 Å². The van der Waals surface area contributed by atoms with Crippen LogP contribution in [0.5, 0.6) is 0 Å². The topological polar surface area (TPSA) is 38.8 Å². The fraction of sp³-hybridized carbons (Fsp3) is 0.533. The van der Waals surface area contributed by atoms with Crippen LogP contribution < -0.4 is 0 Å². The molecule has 0 aromatic heterocycles. The van der Waals surface area contributed by atoms with Gasteiger partial charge >= 0.3 is 5.97 Å². The molecular weight excluding hydrogens is 242 g/mol. The summed E-state index contributed by atoms with van der Waals surface area (Å²) < 4.78 is 5.60. The smallest absolute Gasteiger partial charge is 0.357 e. The van der Waals surface area contributed by atoms with Gasteiger partial charge in [-0.25, -0.2) is 4.79 Å². The van der Waals surface area contributed by atoms with Gasteiger partial charge in [-0.2, -0.15) is 0 Å². The lowest BCUT2D eigenvalue weighted by atomic mass is 9.89. The second-order valence-electron chi connectivity index (χ2n) is 4.91. The summed E-state index contributed by atoms with van der Waals surface area (Å²) in [5.41, 5.74) is 0.539. The van der Waals surface area contributed by atoms with Gasteiger partial charge in [0.25, 0.3) is 0 Å². The number of rotatable bonds is 4. The van der Waals surface area contributed by atoms with Gasteiger partial charge in [0.2, 0.25) is 0 Å². The van der Waals surface area contributed by atoms with Crippen molar-refractivity contribution in [1.29, 1.82) is 0 Å². The van der Waals surface area contributed by atoms with E-state index >= 15 is 0 Å². The van der Waals surface area contributed by atoms with Crippen molar-refractivity contribution in [2.75, 3.05) is 20.2 Å². The second-order valence-corrected chi connectivity index (χ2v) is 4.91. The Balaban J connectivity index is 1.88. The molecule has 0 bridgehead atoms. The number of ether oxygens (including phenoxy) is 1. The first kappa shape index (κ1) is 14.0. The van der Waals surface area contributed by atoms with Crippen LogP contribution in [0.25, 0.3) is 0 Å². The Bertz CT molecular complexity index is 405. The van der Waals surface area contributed by atoms with Crippen molar-refractivity contribution in [1.82, 2.24) is 5.06 Å². The molecule has 0 spiro atoms. The van der Waals surface area contributed by atoms with Crippen LogP contribution in [0, 0.1) is 0 Å². The number of piperidine rings is 1. The molecule has 0 amide bonds. The molecule has 4 nitrogen and oxygen atoms in total. The van der Waals surface area contributed by atoms with Gasteiger partial charge in [0, 0.05) is 20.2 Å². The van der Waals surface area contributed by atoms with Crippen molar-refractivity contribution in [3.8, 4) is 0 Å². The maximum Gasteiger partial charge on any atom is 0.357 e. The van der Waals surface area contributed by atoms with Gasteiger partial charge in [-0.1, -0.05) is 25.1 Å². The Kier molecular flexibility index (Phi) is 4.56. The third kappa shape index (κ3) is 3.33. The number of hydrogen-bond donors (Lipinski definition) is 0. The standard InChI is InChI=1S/C15H21NO3/c1-3-15(18-2)9-11-16(12-10-15)19-14(17)13-7-5-4-6-8-13/h4-8H,3,9-12H2,1-2H3. The fourth-order valence-corrected chi connectivity index (χ4v) is 2.43. The van der Waals surface area contributed by atoms with Gasteiger partial charge in [-0.15, -0.1) is 5.06 Å². The normalized spacial score (nSPS) is 19.1.